The average Bonchev–Trinajstić information content (AvgIpc) is 3.31. The fraction of sp³-hybridized carbons (Fsp3) is 0.652. The van der Waals surface area contributed by atoms with Crippen LogP contribution in [0.25, 0.3) is 0 Å². The van der Waals surface area contributed by atoms with Crippen molar-refractivity contribution in [3.8, 4) is 11.5 Å². The summed E-state index contributed by atoms with van der Waals surface area (Å²) < 4.78 is 21.9. The van der Waals surface area contributed by atoms with Crippen LogP contribution in [0.15, 0.2) is 23.2 Å². The maximum atomic E-state index is 11.9. The van der Waals surface area contributed by atoms with E-state index in [0.717, 1.165) is 62.9 Å². The Bertz CT molecular complexity index is 817. The zero-order valence-electron chi connectivity index (χ0n) is 19.0. The van der Waals surface area contributed by atoms with Gasteiger partial charge in [0.25, 0.3) is 0 Å². The minimum Gasteiger partial charge on any atom is -0.454 e. The zero-order chi connectivity index (χ0) is 22.4. The lowest BCUT2D eigenvalue weighted by Gasteiger charge is -2.39. The van der Waals surface area contributed by atoms with E-state index in [9.17, 15) is 4.79 Å². The molecule has 0 saturated carbocycles. The Kier molecular flexibility index (Phi) is 7.24. The van der Waals surface area contributed by atoms with Crippen molar-refractivity contribution in [2.75, 3.05) is 53.3 Å². The standard InChI is InChI=1S/C23H34N4O5/c1-3-30-22(28)27-10-6-18(7-11-27)26-21(24-2)25-15-23(8-12-29-13-9-23)17-4-5-19-20(14-17)32-16-31-19/h4-5,14,18H,3,6-13,15-16H2,1-2H3,(H2,24,25,26). The monoisotopic (exact) mass is 446 g/mol. The van der Waals surface area contributed by atoms with Gasteiger partial charge in [0.2, 0.25) is 6.79 Å². The third kappa shape index (κ3) is 5.03. The molecule has 9 heteroatoms. The van der Waals surface area contributed by atoms with Gasteiger partial charge in [-0.3, -0.25) is 4.99 Å². The van der Waals surface area contributed by atoms with Crippen molar-refractivity contribution >= 4 is 12.1 Å². The van der Waals surface area contributed by atoms with Crippen molar-refractivity contribution in [2.24, 2.45) is 4.99 Å². The Hall–Kier alpha value is -2.68. The number of fused-ring (bicyclic) bond motifs is 1. The molecular weight excluding hydrogens is 412 g/mol. The predicted octanol–water partition coefficient (Wildman–Crippen LogP) is 2.25. The average molecular weight is 447 g/mol. The molecule has 1 aromatic carbocycles. The van der Waals surface area contributed by atoms with Crippen LogP contribution in [0.2, 0.25) is 0 Å². The molecule has 176 valence electrons. The van der Waals surface area contributed by atoms with E-state index in [1.807, 2.05) is 13.0 Å². The van der Waals surface area contributed by atoms with Crippen molar-refractivity contribution in [3.05, 3.63) is 23.8 Å². The Labute approximate surface area is 189 Å². The van der Waals surface area contributed by atoms with Crippen LogP contribution in [0.4, 0.5) is 4.79 Å². The number of aliphatic imine (C=N–C) groups is 1. The molecule has 1 amide bonds. The van der Waals surface area contributed by atoms with E-state index < -0.39 is 0 Å². The van der Waals surface area contributed by atoms with Gasteiger partial charge in [0.05, 0.1) is 6.61 Å². The number of guanidine groups is 1. The first-order valence-corrected chi connectivity index (χ1v) is 11.5. The van der Waals surface area contributed by atoms with Gasteiger partial charge in [0, 0.05) is 51.4 Å². The van der Waals surface area contributed by atoms with E-state index in [1.54, 1.807) is 11.9 Å². The molecule has 3 aliphatic rings. The number of nitrogens with one attached hydrogen (secondary N) is 2. The number of benzene rings is 1. The van der Waals surface area contributed by atoms with Crippen LogP contribution in [0.5, 0.6) is 11.5 Å². The molecule has 2 fully saturated rings. The van der Waals surface area contributed by atoms with Crippen molar-refractivity contribution in [1.82, 2.24) is 15.5 Å². The summed E-state index contributed by atoms with van der Waals surface area (Å²) in [6.07, 6.45) is 3.35. The minimum absolute atomic E-state index is 0.0654. The maximum absolute atomic E-state index is 11.9. The molecule has 0 aliphatic carbocycles. The molecule has 32 heavy (non-hydrogen) atoms. The number of nitrogens with zero attached hydrogens (tertiary/aromatic N) is 2. The van der Waals surface area contributed by atoms with Gasteiger partial charge >= 0.3 is 6.09 Å². The number of hydrogen-bond donors (Lipinski definition) is 2. The highest BCUT2D eigenvalue weighted by Gasteiger charge is 2.36. The molecule has 0 spiro atoms. The van der Waals surface area contributed by atoms with Gasteiger partial charge < -0.3 is 34.5 Å². The van der Waals surface area contributed by atoms with Crippen LogP contribution in [-0.4, -0.2) is 76.3 Å². The Balaban J connectivity index is 1.36. The molecule has 0 bridgehead atoms. The molecule has 3 heterocycles. The molecule has 0 atom stereocenters. The zero-order valence-corrected chi connectivity index (χ0v) is 19.0. The predicted molar refractivity (Wildman–Crippen MR) is 120 cm³/mol. The van der Waals surface area contributed by atoms with Gasteiger partial charge in [0.1, 0.15) is 0 Å². The summed E-state index contributed by atoms with van der Waals surface area (Å²) in [6.45, 7) is 6.09. The van der Waals surface area contributed by atoms with Crippen LogP contribution >= 0.6 is 0 Å². The fourth-order valence-corrected chi connectivity index (χ4v) is 4.62. The second kappa shape index (κ2) is 10.3. The Morgan fingerprint density at radius 1 is 1.22 bits per heavy atom. The summed E-state index contributed by atoms with van der Waals surface area (Å²) in [5, 5.41) is 7.08. The van der Waals surface area contributed by atoms with E-state index in [0.29, 0.717) is 19.7 Å². The van der Waals surface area contributed by atoms with Crippen molar-refractivity contribution in [3.63, 3.8) is 0 Å². The van der Waals surface area contributed by atoms with E-state index in [1.165, 1.54) is 5.56 Å². The number of likely N-dealkylation sites (tertiary alicyclic amines) is 1. The smallest absolute Gasteiger partial charge is 0.409 e. The van der Waals surface area contributed by atoms with Gasteiger partial charge in [0.15, 0.2) is 17.5 Å². The van der Waals surface area contributed by atoms with Gasteiger partial charge in [-0.15, -0.1) is 0 Å². The summed E-state index contributed by atoms with van der Waals surface area (Å²) in [5.74, 6) is 2.39. The topological polar surface area (TPSA) is 93.7 Å². The first-order chi connectivity index (χ1) is 15.6. The van der Waals surface area contributed by atoms with Crippen LogP contribution in [0.3, 0.4) is 0 Å². The molecule has 0 unspecified atom stereocenters. The molecule has 0 radical (unpaired) electrons. The van der Waals surface area contributed by atoms with Gasteiger partial charge in [-0.05, 0) is 50.3 Å². The van der Waals surface area contributed by atoms with E-state index in [-0.39, 0.29) is 24.3 Å². The summed E-state index contributed by atoms with van der Waals surface area (Å²) in [4.78, 5) is 18.1. The third-order valence-corrected chi connectivity index (χ3v) is 6.61. The largest absolute Gasteiger partial charge is 0.454 e. The van der Waals surface area contributed by atoms with E-state index in [4.69, 9.17) is 18.9 Å². The number of amides is 1. The van der Waals surface area contributed by atoms with Crippen LogP contribution in [0, 0.1) is 0 Å². The molecule has 2 saturated heterocycles. The number of rotatable bonds is 5. The summed E-state index contributed by atoms with van der Waals surface area (Å²) in [5.41, 5.74) is 1.17. The lowest BCUT2D eigenvalue weighted by atomic mass is 9.74. The molecule has 2 N–H and O–H groups in total. The Morgan fingerprint density at radius 3 is 2.69 bits per heavy atom. The van der Waals surface area contributed by atoms with Crippen molar-refractivity contribution < 1.29 is 23.7 Å². The molecule has 3 aliphatic heterocycles. The van der Waals surface area contributed by atoms with Crippen LogP contribution < -0.4 is 20.1 Å². The second-order valence-corrected chi connectivity index (χ2v) is 8.49. The first-order valence-electron chi connectivity index (χ1n) is 11.5. The number of hydrogen-bond acceptors (Lipinski definition) is 6. The van der Waals surface area contributed by atoms with Gasteiger partial charge in [-0.25, -0.2) is 4.79 Å². The summed E-state index contributed by atoms with van der Waals surface area (Å²) in [7, 11) is 1.79. The summed E-state index contributed by atoms with van der Waals surface area (Å²) >= 11 is 0. The normalized spacial score (nSPS) is 20.7. The molecule has 0 aromatic heterocycles. The first kappa shape index (κ1) is 22.5. The molecular formula is C23H34N4O5. The third-order valence-electron chi connectivity index (χ3n) is 6.61. The van der Waals surface area contributed by atoms with E-state index >= 15 is 0 Å². The molecule has 1 aromatic rings. The Morgan fingerprint density at radius 2 is 1.97 bits per heavy atom. The van der Waals surface area contributed by atoms with E-state index in [2.05, 4.69) is 27.8 Å². The fourth-order valence-electron chi connectivity index (χ4n) is 4.62. The second-order valence-electron chi connectivity index (χ2n) is 8.49. The lowest BCUT2D eigenvalue weighted by molar-refractivity contribution is 0.0512. The SMILES string of the molecule is CCOC(=O)N1CCC(NC(=NC)NCC2(c3ccc4c(c3)OCO4)CCOCC2)CC1. The highest BCUT2D eigenvalue weighted by molar-refractivity contribution is 5.80. The highest BCUT2D eigenvalue weighted by Crippen LogP contribution is 2.40. The highest BCUT2D eigenvalue weighted by atomic mass is 16.7. The van der Waals surface area contributed by atoms with Crippen molar-refractivity contribution in [2.45, 2.75) is 44.1 Å². The lowest BCUT2D eigenvalue weighted by Crippen LogP contribution is -2.52. The van der Waals surface area contributed by atoms with Gasteiger partial charge in [-0.1, -0.05) is 6.07 Å². The molecule has 4 rings (SSSR count). The number of carbonyl (C=O) groups is 1. The van der Waals surface area contributed by atoms with Crippen LogP contribution in [0.1, 0.15) is 38.2 Å². The molecule has 9 nitrogen and oxygen atoms in total. The number of ether oxygens (including phenoxy) is 4. The van der Waals surface area contributed by atoms with Crippen molar-refractivity contribution in [1.29, 1.82) is 0 Å². The summed E-state index contributed by atoms with van der Waals surface area (Å²) in [6, 6.07) is 6.51. The minimum atomic E-state index is -0.223. The quantitative estimate of drug-likeness (QED) is 0.529. The van der Waals surface area contributed by atoms with Gasteiger partial charge in [-0.2, -0.15) is 0 Å². The number of piperidine rings is 1. The van der Waals surface area contributed by atoms with Crippen LogP contribution in [-0.2, 0) is 14.9 Å². The maximum Gasteiger partial charge on any atom is 0.409 e. The number of carbonyl (C=O) groups excluding carboxylic acids is 1.